The number of hydrogen-bond acceptors (Lipinski definition) is 3. The van der Waals surface area contributed by atoms with E-state index in [2.05, 4.69) is 5.32 Å². The van der Waals surface area contributed by atoms with Gasteiger partial charge in [0.25, 0.3) is 0 Å². The summed E-state index contributed by atoms with van der Waals surface area (Å²) in [5.74, 6) is 0. The van der Waals surface area contributed by atoms with Crippen LogP contribution in [0.4, 0.5) is 0 Å². The van der Waals surface area contributed by atoms with Crippen molar-refractivity contribution in [1.82, 2.24) is 5.32 Å². The number of hydrogen-bond donors (Lipinski definition) is 1. The molecule has 0 amide bonds. The monoisotopic (exact) mass is 199 g/mol. The largest absolute Gasteiger partial charge is 0.381 e. The number of ether oxygens (including phenoxy) is 2. The third-order valence-corrected chi connectivity index (χ3v) is 3.31. The summed E-state index contributed by atoms with van der Waals surface area (Å²) >= 11 is 0. The standard InChI is InChI=1S/C11H21NO2/c1-13-9-3-2-4-10(7-9)14-11-5-6-12-8-11/h9-12H,2-8H2,1H3/t9-,10+,11-/m1/s1. The fraction of sp³-hybridized carbons (Fsp3) is 1.00. The van der Waals surface area contributed by atoms with E-state index in [0.29, 0.717) is 18.3 Å². The molecule has 1 aliphatic heterocycles. The molecule has 82 valence electrons. The minimum absolute atomic E-state index is 0.433. The molecular weight excluding hydrogens is 178 g/mol. The number of methoxy groups -OCH3 is 1. The van der Waals surface area contributed by atoms with Crippen LogP contribution < -0.4 is 5.32 Å². The fourth-order valence-corrected chi connectivity index (χ4v) is 2.46. The summed E-state index contributed by atoms with van der Waals surface area (Å²) < 4.78 is 11.4. The predicted molar refractivity (Wildman–Crippen MR) is 55.4 cm³/mol. The summed E-state index contributed by atoms with van der Waals surface area (Å²) in [7, 11) is 1.81. The molecule has 0 spiro atoms. The van der Waals surface area contributed by atoms with Crippen molar-refractivity contribution in [2.45, 2.75) is 50.4 Å². The van der Waals surface area contributed by atoms with Crippen molar-refractivity contribution in [3.8, 4) is 0 Å². The first-order valence-corrected chi connectivity index (χ1v) is 5.77. The molecule has 14 heavy (non-hydrogen) atoms. The van der Waals surface area contributed by atoms with Crippen molar-refractivity contribution in [3.63, 3.8) is 0 Å². The van der Waals surface area contributed by atoms with Crippen molar-refractivity contribution < 1.29 is 9.47 Å². The van der Waals surface area contributed by atoms with Gasteiger partial charge in [-0.05, 0) is 38.6 Å². The Morgan fingerprint density at radius 1 is 1.07 bits per heavy atom. The molecule has 1 aliphatic carbocycles. The Labute approximate surface area is 86.2 Å². The first-order chi connectivity index (χ1) is 6.88. The average molecular weight is 199 g/mol. The van der Waals surface area contributed by atoms with E-state index in [1.165, 1.54) is 25.7 Å². The lowest BCUT2D eigenvalue weighted by Crippen LogP contribution is -2.31. The zero-order valence-corrected chi connectivity index (χ0v) is 9.00. The number of nitrogens with one attached hydrogen (secondary N) is 1. The highest BCUT2D eigenvalue weighted by Gasteiger charge is 2.26. The van der Waals surface area contributed by atoms with Gasteiger partial charge in [-0.2, -0.15) is 0 Å². The van der Waals surface area contributed by atoms with Gasteiger partial charge in [0.15, 0.2) is 0 Å². The summed E-state index contributed by atoms with van der Waals surface area (Å²) in [5.41, 5.74) is 0. The Kier molecular flexibility index (Phi) is 3.79. The topological polar surface area (TPSA) is 30.5 Å². The second-order valence-electron chi connectivity index (χ2n) is 4.40. The van der Waals surface area contributed by atoms with E-state index in [9.17, 15) is 0 Å². The lowest BCUT2D eigenvalue weighted by Gasteiger charge is -2.30. The van der Waals surface area contributed by atoms with Gasteiger partial charge in [0.2, 0.25) is 0 Å². The normalized spacial score (nSPS) is 38.8. The van der Waals surface area contributed by atoms with Crippen LogP contribution in [0.5, 0.6) is 0 Å². The molecule has 1 saturated carbocycles. The smallest absolute Gasteiger partial charge is 0.0715 e. The minimum Gasteiger partial charge on any atom is -0.381 e. The molecule has 0 bridgehead atoms. The van der Waals surface area contributed by atoms with E-state index >= 15 is 0 Å². The summed E-state index contributed by atoms with van der Waals surface area (Å²) in [5, 5.41) is 3.33. The van der Waals surface area contributed by atoms with Crippen LogP contribution in [0, 0.1) is 0 Å². The van der Waals surface area contributed by atoms with Crippen LogP contribution in [0.2, 0.25) is 0 Å². The molecule has 3 nitrogen and oxygen atoms in total. The van der Waals surface area contributed by atoms with Gasteiger partial charge in [0, 0.05) is 13.7 Å². The van der Waals surface area contributed by atoms with E-state index in [1.54, 1.807) is 0 Å². The van der Waals surface area contributed by atoms with Gasteiger partial charge < -0.3 is 14.8 Å². The minimum atomic E-state index is 0.433. The van der Waals surface area contributed by atoms with Crippen LogP contribution in [0.25, 0.3) is 0 Å². The Hall–Kier alpha value is -0.120. The molecule has 1 heterocycles. The van der Waals surface area contributed by atoms with E-state index in [-0.39, 0.29) is 0 Å². The zero-order valence-electron chi connectivity index (χ0n) is 9.00. The van der Waals surface area contributed by atoms with Crippen LogP contribution in [0.1, 0.15) is 32.1 Å². The molecule has 1 N–H and O–H groups in total. The maximum Gasteiger partial charge on any atom is 0.0715 e. The highest BCUT2D eigenvalue weighted by atomic mass is 16.5. The lowest BCUT2D eigenvalue weighted by molar-refractivity contribution is -0.0581. The van der Waals surface area contributed by atoms with Crippen molar-refractivity contribution >= 4 is 0 Å². The molecule has 0 radical (unpaired) electrons. The van der Waals surface area contributed by atoms with Gasteiger partial charge in [-0.15, -0.1) is 0 Å². The molecule has 0 aromatic rings. The Bertz CT molecular complexity index is 169. The van der Waals surface area contributed by atoms with Crippen LogP contribution in [0.15, 0.2) is 0 Å². The van der Waals surface area contributed by atoms with E-state index < -0.39 is 0 Å². The third-order valence-electron chi connectivity index (χ3n) is 3.31. The Morgan fingerprint density at radius 3 is 2.64 bits per heavy atom. The molecule has 2 rings (SSSR count). The predicted octanol–water partition coefficient (Wildman–Crippen LogP) is 1.32. The molecule has 1 saturated heterocycles. The highest BCUT2D eigenvalue weighted by molar-refractivity contribution is 4.78. The van der Waals surface area contributed by atoms with Crippen molar-refractivity contribution in [3.05, 3.63) is 0 Å². The first-order valence-electron chi connectivity index (χ1n) is 5.77. The van der Waals surface area contributed by atoms with E-state index in [0.717, 1.165) is 19.5 Å². The summed E-state index contributed by atoms with van der Waals surface area (Å²) in [6.07, 6.45) is 7.28. The van der Waals surface area contributed by atoms with Crippen molar-refractivity contribution in [2.75, 3.05) is 20.2 Å². The molecule has 0 unspecified atom stereocenters. The molecule has 2 aliphatic rings. The van der Waals surface area contributed by atoms with Crippen LogP contribution in [-0.4, -0.2) is 38.5 Å². The van der Waals surface area contributed by atoms with Gasteiger partial charge in [0.05, 0.1) is 18.3 Å². The highest BCUT2D eigenvalue weighted by Crippen LogP contribution is 2.24. The summed E-state index contributed by atoms with van der Waals surface area (Å²) in [6.45, 7) is 2.15. The van der Waals surface area contributed by atoms with Crippen LogP contribution >= 0.6 is 0 Å². The van der Waals surface area contributed by atoms with Gasteiger partial charge in [-0.25, -0.2) is 0 Å². The molecule has 3 atom stereocenters. The lowest BCUT2D eigenvalue weighted by atomic mass is 9.95. The number of rotatable bonds is 3. The SMILES string of the molecule is CO[C@@H]1CCC[C@H](O[C@@H]2CCNC2)C1. The Morgan fingerprint density at radius 2 is 1.93 bits per heavy atom. The van der Waals surface area contributed by atoms with Crippen LogP contribution in [-0.2, 0) is 9.47 Å². The zero-order chi connectivity index (χ0) is 9.80. The second kappa shape index (κ2) is 5.10. The van der Waals surface area contributed by atoms with Crippen molar-refractivity contribution in [1.29, 1.82) is 0 Å². The maximum absolute atomic E-state index is 6.04. The average Bonchev–Trinajstić information content (AvgIpc) is 2.71. The maximum atomic E-state index is 6.04. The molecule has 2 fully saturated rings. The van der Waals surface area contributed by atoms with Gasteiger partial charge in [-0.3, -0.25) is 0 Å². The van der Waals surface area contributed by atoms with Gasteiger partial charge >= 0.3 is 0 Å². The third kappa shape index (κ3) is 2.69. The quantitative estimate of drug-likeness (QED) is 0.743. The summed E-state index contributed by atoms with van der Waals surface area (Å²) in [4.78, 5) is 0. The van der Waals surface area contributed by atoms with Gasteiger partial charge in [0.1, 0.15) is 0 Å². The molecule has 0 aromatic carbocycles. The van der Waals surface area contributed by atoms with E-state index in [4.69, 9.17) is 9.47 Å². The van der Waals surface area contributed by atoms with Crippen LogP contribution in [0.3, 0.4) is 0 Å². The summed E-state index contributed by atoms with van der Waals surface area (Å²) in [6, 6.07) is 0. The second-order valence-corrected chi connectivity index (χ2v) is 4.40. The fourth-order valence-electron chi connectivity index (χ4n) is 2.46. The molecule has 0 aromatic heterocycles. The Balaban J connectivity index is 1.73. The molecule has 3 heteroatoms. The van der Waals surface area contributed by atoms with Gasteiger partial charge in [-0.1, -0.05) is 0 Å². The molecular formula is C11H21NO2. The van der Waals surface area contributed by atoms with Crippen molar-refractivity contribution in [2.24, 2.45) is 0 Å². The first kappa shape index (κ1) is 10.4. The van der Waals surface area contributed by atoms with E-state index in [1.807, 2.05) is 7.11 Å².